The minimum atomic E-state index is -5.12. The molecule has 0 fully saturated rings. The third kappa shape index (κ3) is 2.73. The second kappa shape index (κ2) is 4.52. The average Bonchev–Trinajstić information content (AvgIpc) is 2.79. The molecule has 1 aromatic carbocycles. The van der Waals surface area contributed by atoms with E-state index in [1.165, 1.54) is 5.38 Å². The number of hydrogen-bond acceptors (Lipinski definition) is 2. The van der Waals surface area contributed by atoms with E-state index in [1.54, 1.807) is 0 Å². The van der Waals surface area contributed by atoms with E-state index in [-0.39, 0.29) is 5.01 Å². The summed E-state index contributed by atoms with van der Waals surface area (Å²) in [4.78, 5) is 3.51. The molecule has 2 rings (SSSR count). The van der Waals surface area contributed by atoms with Gasteiger partial charge in [-0.2, -0.15) is 26.3 Å². The standard InChI is InChI=1S/C11H4F6NS/c12-10(13,14)7-3-1-2-6(8(7)11(15,16)17)9-18-4-5-19-9/h1-3,5H. The lowest BCUT2D eigenvalue weighted by Gasteiger charge is -2.18. The smallest absolute Gasteiger partial charge is 0.234 e. The quantitative estimate of drug-likeness (QED) is 0.698. The molecule has 1 heterocycles. The maximum Gasteiger partial charge on any atom is 0.417 e. The van der Waals surface area contributed by atoms with Crippen molar-refractivity contribution >= 4 is 11.3 Å². The van der Waals surface area contributed by atoms with Crippen LogP contribution in [-0.4, -0.2) is 4.98 Å². The molecule has 101 valence electrons. The van der Waals surface area contributed by atoms with E-state index >= 15 is 0 Å². The van der Waals surface area contributed by atoms with Gasteiger partial charge in [0.15, 0.2) is 0 Å². The van der Waals surface area contributed by atoms with Crippen molar-refractivity contribution in [2.24, 2.45) is 0 Å². The molecular formula is C11H4F6NS. The van der Waals surface area contributed by atoms with E-state index in [1.807, 2.05) is 0 Å². The largest absolute Gasteiger partial charge is 0.417 e. The number of hydrogen-bond donors (Lipinski definition) is 0. The van der Waals surface area contributed by atoms with Gasteiger partial charge in [-0.05, 0) is 6.07 Å². The lowest BCUT2D eigenvalue weighted by molar-refractivity contribution is -0.161. The van der Waals surface area contributed by atoms with Crippen molar-refractivity contribution in [2.75, 3.05) is 0 Å². The van der Waals surface area contributed by atoms with Gasteiger partial charge in [0.25, 0.3) is 0 Å². The Morgan fingerprint density at radius 2 is 1.68 bits per heavy atom. The molecule has 1 nitrogen and oxygen atoms in total. The van der Waals surface area contributed by atoms with Crippen LogP contribution in [0.15, 0.2) is 23.6 Å². The highest BCUT2D eigenvalue weighted by Crippen LogP contribution is 2.45. The van der Waals surface area contributed by atoms with Crippen molar-refractivity contribution in [3.8, 4) is 10.6 Å². The van der Waals surface area contributed by atoms with E-state index in [0.29, 0.717) is 6.07 Å². The summed E-state index contributed by atoms with van der Waals surface area (Å²) in [6, 6.07) is 2.29. The highest BCUT2D eigenvalue weighted by Gasteiger charge is 2.45. The van der Waals surface area contributed by atoms with Crippen molar-refractivity contribution < 1.29 is 26.3 Å². The highest BCUT2D eigenvalue weighted by molar-refractivity contribution is 7.13. The van der Waals surface area contributed by atoms with Crippen molar-refractivity contribution in [1.29, 1.82) is 0 Å². The number of benzene rings is 1. The molecule has 0 atom stereocenters. The van der Waals surface area contributed by atoms with Gasteiger partial charge in [0.2, 0.25) is 0 Å². The monoisotopic (exact) mass is 296 g/mol. The first-order chi connectivity index (χ1) is 8.71. The Hall–Kier alpha value is -1.57. The van der Waals surface area contributed by atoms with E-state index in [9.17, 15) is 26.3 Å². The zero-order valence-electron chi connectivity index (χ0n) is 8.93. The van der Waals surface area contributed by atoms with Crippen LogP contribution in [-0.2, 0) is 12.4 Å². The predicted molar refractivity (Wildman–Crippen MR) is 56.4 cm³/mol. The number of aromatic nitrogens is 1. The molecule has 0 spiro atoms. The lowest BCUT2D eigenvalue weighted by Crippen LogP contribution is -2.17. The molecule has 2 aromatic rings. The maximum absolute atomic E-state index is 12.9. The molecule has 19 heavy (non-hydrogen) atoms. The first kappa shape index (κ1) is 13.9. The third-order valence-electron chi connectivity index (χ3n) is 2.27. The summed E-state index contributed by atoms with van der Waals surface area (Å²) in [7, 11) is 0. The summed E-state index contributed by atoms with van der Waals surface area (Å²) in [5.41, 5.74) is -4.02. The molecule has 0 bridgehead atoms. The summed E-state index contributed by atoms with van der Waals surface area (Å²) in [6.45, 7) is 0. The van der Waals surface area contributed by atoms with Crippen molar-refractivity contribution in [3.05, 3.63) is 40.9 Å². The van der Waals surface area contributed by atoms with Crippen LogP contribution in [0.3, 0.4) is 0 Å². The van der Waals surface area contributed by atoms with Gasteiger partial charge >= 0.3 is 12.4 Å². The van der Waals surface area contributed by atoms with Crippen LogP contribution in [0.2, 0.25) is 0 Å². The van der Waals surface area contributed by atoms with E-state index in [0.717, 1.165) is 23.5 Å². The fraction of sp³-hybridized carbons (Fsp3) is 0.182. The number of halogens is 6. The Bertz CT molecular complexity index is 570. The SMILES string of the molecule is FC(F)(F)c1cccc(-c2n[c]cs2)c1C(F)(F)F. The molecule has 0 aliphatic carbocycles. The summed E-state index contributed by atoms with van der Waals surface area (Å²) >= 11 is 0.792. The van der Waals surface area contributed by atoms with E-state index < -0.39 is 29.0 Å². The topological polar surface area (TPSA) is 12.9 Å². The van der Waals surface area contributed by atoms with Gasteiger partial charge in [-0.3, -0.25) is 0 Å². The van der Waals surface area contributed by atoms with Crippen LogP contribution in [0.1, 0.15) is 11.1 Å². The van der Waals surface area contributed by atoms with Crippen molar-refractivity contribution in [3.63, 3.8) is 0 Å². The average molecular weight is 296 g/mol. The summed E-state index contributed by atoms with van der Waals surface area (Å²) in [5, 5.41) is 1.12. The first-order valence-electron chi connectivity index (χ1n) is 4.80. The second-order valence-electron chi connectivity index (χ2n) is 3.51. The minimum Gasteiger partial charge on any atom is -0.234 e. The Kier molecular flexibility index (Phi) is 3.29. The number of nitrogens with zero attached hydrogens (tertiary/aromatic N) is 1. The van der Waals surface area contributed by atoms with Crippen LogP contribution in [0.4, 0.5) is 26.3 Å². The Morgan fingerprint density at radius 3 is 2.16 bits per heavy atom. The molecule has 0 saturated heterocycles. The molecular weight excluding hydrogens is 292 g/mol. The molecule has 0 aliphatic rings. The number of thiazole rings is 1. The summed E-state index contributed by atoms with van der Waals surface area (Å²) in [6.07, 6.45) is -7.91. The van der Waals surface area contributed by atoms with Crippen molar-refractivity contribution in [2.45, 2.75) is 12.4 Å². The van der Waals surface area contributed by atoms with Gasteiger partial charge in [0.1, 0.15) is 11.2 Å². The summed E-state index contributed by atoms with van der Waals surface area (Å²) < 4.78 is 76.7. The molecule has 1 aromatic heterocycles. The molecule has 0 N–H and O–H groups in total. The lowest BCUT2D eigenvalue weighted by atomic mass is 10.0. The Balaban J connectivity index is 2.76. The zero-order chi connectivity index (χ0) is 14.3. The van der Waals surface area contributed by atoms with Gasteiger partial charge in [0.05, 0.1) is 11.1 Å². The minimum absolute atomic E-state index is 0.154. The van der Waals surface area contributed by atoms with Gasteiger partial charge in [-0.15, -0.1) is 11.3 Å². The van der Waals surface area contributed by atoms with Crippen LogP contribution in [0.5, 0.6) is 0 Å². The first-order valence-corrected chi connectivity index (χ1v) is 5.68. The molecule has 1 radical (unpaired) electrons. The maximum atomic E-state index is 12.9. The van der Waals surface area contributed by atoms with Gasteiger partial charge in [0, 0.05) is 10.9 Å². The Morgan fingerprint density at radius 1 is 1.00 bits per heavy atom. The third-order valence-corrected chi connectivity index (χ3v) is 3.03. The number of rotatable bonds is 1. The molecule has 0 saturated carbocycles. The fourth-order valence-corrected chi connectivity index (χ4v) is 2.21. The van der Waals surface area contributed by atoms with Crippen molar-refractivity contribution in [1.82, 2.24) is 4.98 Å². The molecule has 8 heteroatoms. The second-order valence-corrected chi connectivity index (χ2v) is 4.36. The van der Waals surface area contributed by atoms with Crippen LogP contribution >= 0.6 is 11.3 Å². The number of alkyl halides is 6. The van der Waals surface area contributed by atoms with Gasteiger partial charge < -0.3 is 0 Å². The zero-order valence-corrected chi connectivity index (χ0v) is 9.75. The Labute approximate surface area is 107 Å². The normalized spacial score (nSPS) is 12.7. The van der Waals surface area contributed by atoms with E-state index in [4.69, 9.17) is 0 Å². The predicted octanol–water partition coefficient (Wildman–Crippen LogP) is 4.65. The van der Waals surface area contributed by atoms with Gasteiger partial charge in [-0.1, -0.05) is 12.1 Å². The van der Waals surface area contributed by atoms with E-state index in [2.05, 4.69) is 11.2 Å². The van der Waals surface area contributed by atoms with Crippen LogP contribution in [0.25, 0.3) is 10.6 Å². The van der Waals surface area contributed by atoms with Crippen LogP contribution < -0.4 is 0 Å². The molecule has 0 unspecified atom stereocenters. The highest BCUT2D eigenvalue weighted by atomic mass is 32.1. The van der Waals surface area contributed by atoms with Crippen LogP contribution in [0, 0.1) is 6.20 Å². The molecule has 0 amide bonds. The summed E-state index contributed by atoms with van der Waals surface area (Å²) in [5.74, 6) is 0. The van der Waals surface area contributed by atoms with Gasteiger partial charge in [-0.25, -0.2) is 4.98 Å². The molecule has 0 aliphatic heterocycles. The fourth-order valence-electron chi connectivity index (χ4n) is 1.59.